The molecule has 0 atom stereocenters. The molecule has 0 radical (unpaired) electrons. The van der Waals surface area contributed by atoms with E-state index in [1.54, 1.807) is 18.2 Å². The quantitative estimate of drug-likeness (QED) is 0.681. The Balaban J connectivity index is 1.81. The topological polar surface area (TPSA) is 50.7 Å². The van der Waals surface area contributed by atoms with Gasteiger partial charge in [-0.1, -0.05) is 41.9 Å². The number of carbonyl (C=O) groups is 1. The predicted octanol–water partition coefficient (Wildman–Crippen LogP) is 3.18. The van der Waals surface area contributed by atoms with Crippen molar-refractivity contribution in [2.24, 2.45) is 5.10 Å². The molecule has 0 saturated heterocycles. The van der Waals surface area contributed by atoms with Crippen LogP contribution in [0.2, 0.25) is 5.02 Å². The molecule has 0 fully saturated rings. The number of rotatable bonds is 5. The first-order chi connectivity index (χ1) is 10.1. The summed E-state index contributed by atoms with van der Waals surface area (Å²) in [6.07, 6.45) is 1.49. The van der Waals surface area contributed by atoms with Crippen LogP contribution in [0.25, 0.3) is 0 Å². The first-order valence-corrected chi connectivity index (χ1v) is 6.79. The summed E-state index contributed by atoms with van der Waals surface area (Å²) in [6.45, 7) is 1.87. The molecule has 0 heterocycles. The summed E-state index contributed by atoms with van der Waals surface area (Å²) in [5, 5.41) is 4.42. The summed E-state index contributed by atoms with van der Waals surface area (Å²) in [4.78, 5) is 11.6. The van der Waals surface area contributed by atoms with E-state index in [2.05, 4.69) is 10.5 Å². The monoisotopic (exact) mass is 302 g/mol. The van der Waals surface area contributed by atoms with Crippen molar-refractivity contribution in [3.8, 4) is 5.75 Å². The van der Waals surface area contributed by atoms with Gasteiger partial charge in [0.1, 0.15) is 5.75 Å². The van der Waals surface area contributed by atoms with Crippen molar-refractivity contribution in [3.63, 3.8) is 0 Å². The minimum Gasteiger partial charge on any atom is -0.484 e. The van der Waals surface area contributed by atoms with Crippen molar-refractivity contribution in [1.29, 1.82) is 0 Å². The number of halogens is 1. The van der Waals surface area contributed by atoms with E-state index in [4.69, 9.17) is 16.3 Å². The highest BCUT2D eigenvalue weighted by Gasteiger charge is 2.01. The number of hydrazone groups is 1. The molecule has 0 bridgehead atoms. The number of hydrogen-bond donors (Lipinski definition) is 1. The van der Waals surface area contributed by atoms with Gasteiger partial charge in [0.25, 0.3) is 5.91 Å². The third-order valence-corrected chi connectivity index (χ3v) is 3.00. The van der Waals surface area contributed by atoms with E-state index in [1.165, 1.54) is 6.21 Å². The van der Waals surface area contributed by atoms with Crippen molar-refractivity contribution >= 4 is 23.7 Å². The fourth-order valence-electron chi connectivity index (χ4n) is 1.64. The molecule has 4 nitrogen and oxygen atoms in total. The summed E-state index contributed by atoms with van der Waals surface area (Å²) < 4.78 is 5.36. The van der Waals surface area contributed by atoms with Gasteiger partial charge in [0.05, 0.1) is 6.21 Å². The first-order valence-electron chi connectivity index (χ1n) is 6.41. The van der Waals surface area contributed by atoms with Crippen LogP contribution in [0.3, 0.4) is 0 Å². The van der Waals surface area contributed by atoms with Gasteiger partial charge in [-0.05, 0) is 30.7 Å². The zero-order chi connectivity index (χ0) is 15.1. The average molecular weight is 303 g/mol. The van der Waals surface area contributed by atoms with Crippen molar-refractivity contribution in [1.82, 2.24) is 5.43 Å². The molecule has 0 spiro atoms. The van der Waals surface area contributed by atoms with E-state index in [0.29, 0.717) is 10.8 Å². The molecule has 21 heavy (non-hydrogen) atoms. The Kier molecular flexibility index (Phi) is 5.35. The van der Waals surface area contributed by atoms with Crippen LogP contribution in [0.4, 0.5) is 0 Å². The van der Waals surface area contributed by atoms with Crippen molar-refractivity contribution in [2.45, 2.75) is 6.92 Å². The van der Waals surface area contributed by atoms with Gasteiger partial charge in [0.15, 0.2) is 6.61 Å². The largest absolute Gasteiger partial charge is 0.484 e. The third kappa shape index (κ3) is 4.93. The van der Waals surface area contributed by atoms with Gasteiger partial charge in [-0.15, -0.1) is 0 Å². The van der Waals surface area contributed by atoms with Gasteiger partial charge in [-0.25, -0.2) is 5.43 Å². The molecule has 1 N–H and O–H groups in total. The number of nitrogens with zero attached hydrogens (tertiary/aromatic N) is 1. The number of amides is 1. The normalized spacial score (nSPS) is 10.6. The molecule has 0 unspecified atom stereocenters. The van der Waals surface area contributed by atoms with E-state index in [0.717, 1.165) is 11.1 Å². The van der Waals surface area contributed by atoms with E-state index in [1.807, 2.05) is 37.3 Å². The van der Waals surface area contributed by atoms with Gasteiger partial charge in [0.2, 0.25) is 0 Å². The highest BCUT2D eigenvalue weighted by atomic mass is 35.5. The number of aryl methyl sites for hydroxylation is 1. The second-order valence-corrected chi connectivity index (χ2v) is 4.83. The molecule has 0 aliphatic carbocycles. The molecule has 0 aliphatic rings. The molecule has 0 aliphatic heterocycles. The van der Waals surface area contributed by atoms with Crippen LogP contribution in [-0.4, -0.2) is 18.7 Å². The molecule has 2 rings (SSSR count). The second kappa shape index (κ2) is 7.45. The standard InChI is InChI=1S/C16H15ClN2O2/c1-12-5-4-7-14(9-12)21-11-16(20)19-18-10-13-6-2-3-8-15(13)17/h2-10H,11H2,1H3,(H,19,20)/b18-10+. The fraction of sp³-hybridized carbons (Fsp3) is 0.125. The Bertz CT molecular complexity index is 656. The minimum atomic E-state index is -0.334. The van der Waals surface area contributed by atoms with Crippen LogP contribution in [0.1, 0.15) is 11.1 Å². The second-order valence-electron chi connectivity index (χ2n) is 4.42. The Labute approximate surface area is 128 Å². The van der Waals surface area contributed by atoms with Crippen LogP contribution >= 0.6 is 11.6 Å². The average Bonchev–Trinajstić information content (AvgIpc) is 2.47. The highest BCUT2D eigenvalue weighted by molar-refractivity contribution is 6.33. The lowest BCUT2D eigenvalue weighted by molar-refractivity contribution is -0.123. The molecule has 108 valence electrons. The molecular formula is C16H15ClN2O2. The van der Waals surface area contributed by atoms with Crippen molar-refractivity contribution < 1.29 is 9.53 Å². The molecule has 0 aromatic heterocycles. The van der Waals surface area contributed by atoms with Gasteiger partial charge < -0.3 is 4.74 Å². The summed E-state index contributed by atoms with van der Waals surface area (Å²) in [7, 11) is 0. The Hall–Kier alpha value is -2.33. The molecule has 5 heteroatoms. The molecule has 1 amide bonds. The van der Waals surface area contributed by atoms with Crippen LogP contribution in [0.5, 0.6) is 5.75 Å². The highest BCUT2D eigenvalue weighted by Crippen LogP contribution is 2.12. The van der Waals surface area contributed by atoms with Gasteiger partial charge in [0, 0.05) is 10.6 Å². The Morgan fingerprint density at radius 1 is 1.29 bits per heavy atom. The predicted molar refractivity (Wildman–Crippen MR) is 83.9 cm³/mol. The minimum absolute atomic E-state index is 0.0939. The molecule has 0 saturated carbocycles. The van der Waals surface area contributed by atoms with Crippen molar-refractivity contribution in [3.05, 3.63) is 64.7 Å². The molecule has 2 aromatic rings. The molecular weight excluding hydrogens is 288 g/mol. The number of hydrogen-bond acceptors (Lipinski definition) is 3. The number of carbonyl (C=O) groups excluding carboxylic acids is 1. The van der Waals surface area contributed by atoms with E-state index >= 15 is 0 Å². The maximum Gasteiger partial charge on any atom is 0.277 e. The summed E-state index contributed by atoms with van der Waals surface area (Å²) in [6, 6.07) is 14.7. The lowest BCUT2D eigenvalue weighted by Gasteiger charge is -2.05. The van der Waals surface area contributed by atoms with Gasteiger partial charge in [-0.3, -0.25) is 4.79 Å². The van der Waals surface area contributed by atoms with Crippen LogP contribution < -0.4 is 10.2 Å². The maximum atomic E-state index is 11.6. The van der Waals surface area contributed by atoms with Crippen LogP contribution in [-0.2, 0) is 4.79 Å². The number of nitrogens with one attached hydrogen (secondary N) is 1. The Morgan fingerprint density at radius 3 is 2.86 bits per heavy atom. The lowest BCUT2D eigenvalue weighted by Crippen LogP contribution is -2.24. The van der Waals surface area contributed by atoms with Crippen LogP contribution in [0.15, 0.2) is 53.6 Å². The summed E-state index contributed by atoms with van der Waals surface area (Å²) >= 11 is 5.97. The number of benzene rings is 2. The van der Waals surface area contributed by atoms with Gasteiger partial charge >= 0.3 is 0 Å². The van der Waals surface area contributed by atoms with Gasteiger partial charge in [-0.2, -0.15) is 5.10 Å². The zero-order valence-corrected chi connectivity index (χ0v) is 12.3. The third-order valence-electron chi connectivity index (χ3n) is 2.66. The zero-order valence-electron chi connectivity index (χ0n) is 11.5. The van der Waals surface area contributed by atoms with Crippen LogP contribution in [0, 0.1) is 6.92 Å². The van der Waals surface area contributed by atoms with E-state index in [-0.39, 0.29) is 12.5 Å². The summed E-state index contributed by atoms with van der Waals surface area (Å²) in [5.41, 5.74) is 4.20. The van der Waals surface area contributed by atoms with E-state index < -0.39 is 0 Å². The Morgan fingerprint density at radius 2 is 2.10 bits per heavy atom. The summed E-state index contributed by atoms with van der Waals surface area (Å²) in [5.74, 6) is 0.319. The number of ether oxygens (including phenoxy) is 1. The smallest absolute Gasteiger partial charge is 0.277 e. The molecule has 2 aromatic carbocycles. The van der Waals surface area contributed by atoms with Crippen molar-refractivity contribution in [2.75, 3.05) is 6.61 Å². The fourth-order valence-corrected chi connectivity index (χ4v) is 1.82. The SMILES string of the molecule is Cc1cccc(OCC(=O)N/N=C/c2ccccc2Cl)c1. The lowest BCUT2D eigenvalue weighted by atomic mass is 10.2. The maximum absolute atomic E-state index is 11.6. The van der Waals surface area contributed by atoms with E-state index in [9.17, 15) is 4.79 Å². The first kappa shape index (κ1) is 15.1.